The van der Waals surface area contributed by atoms with Gasteiger partial charge in [-0.25, -0.2) is 4.79 Å². The molecule has 31 heavy (non-hydrogen) atoms. The normalized spacial score (nSPS) is 13.8. The number of carbonyl (C=O) groups is 4. The maximum absolute atomic E-state index is 12.7. The molecule has 10 nitrogen and oxygen atoms in total. The molecule has 0 saturated heterocycles. The molecule has 0 bridgehead atoms. The number of hydrogen-bond donors (Lipinski definition) is 8. The molecule has 0 spiro atoms. The summed E-state index contributed by atoms with van der Waals surface area (Å²) in [6, 6.07) is 4.40. The smallest absolute Gasteiger partial charge is 0.327 e. The average Bonchev–Trinajstić information content (AvgIpc) is 3.17. The van der Waals surface area contributed by atoms with E-state index in [1.54, 1.807) is 6.20 Å². The van der Waals surface area contributed by atoms with E-state index in [4.69, 9.17) is 10.8 Å². The Hall–Kier alpha value is -2.70. The molecule has 2 rings (SSSR count). The number of hydrogen-bond acceptors (Lipinski definition) is 7. The molecule has 3 atom stereocenters. The van der Waals surface area contributed by atoms with E-state index in [2.05, 4.69) is 46.2 Å². The van der Waals surface area contributed by atoms with Gasteiger partial charge in [0.25, 0.3) is 0 Å². The first-order valence-corrected chi connectivity index (χ1v) is 10.7. The summed E-state index contributed by atoms with van der Waals surface area (Å²) in [5, 5.41) is 17.1. The van der Waals surface area contributed by atoms with E-state index in [1.807, 2.05) is 24.3 Å². The summed E-state index contributed by atoms with van der Waals surface area (Å²) in [4.78, 5) is 51.0. The van der Waals surface area contributed by atoms with Gasteiger partial charge in [0.05, 0.1) is 12.6 Å². The summed E-state index contributed by atoms with van der Waals surface area (Å²) in [7, 11) is 0. The van der Waals surface area contributed by atoms with Gasteiger partial charge in [-0.2, -0.15) is 25.3 Å². The number of amides is 3. The van der Waals surface area contributed by atoms with Crippen LogP contribution in [0.2, 0.25) is 0 Å². The molecule has 1 aromatic carbocycles. The molecule has 0 aliphatic carbocycles. The molecule has 0 aliphatic heterocycles. The van der Waals surface area contributed by atoms with Crippen LogP contribution < -0.4 is 21.7 Å². The summed E-state index contributed by atoms with van der Waals surface area (Å²) >= 11 is 7.86. The lowest BCUT2D eigenvalue weighted by Gasteiger charge is -2.20. The fourth-order valence-corrected chi connectivity index (χ4v) is 3.23. The quantitative estimate of drug-likeness (QED) is 0.199. The lowest BCUT2D eigenvalue weighted by atomic mass is 10.0. The van der Waals surface area contributed by atoms with Gasteiger partial charge in [-0.3, -0.25) is 14.4 Å². The van der Waals surface area contributed by atoms with Crippen molar-refractivity contribution in [3.63, 3.8) is 0 Å². The first kappa shape index (κ1) is 24.6. The monoisotopic (exact) mass is 467 g/mol. The highest BCUT2D eigenvalue weighted by atomic mass is 32.1. The van der Waals surface area contributed by atoms with Crippen LogP contribution in [0, 0.1) is 0 Å². The minimum Gasteiger partial charge on any atom is -0.480 e. The van der Waals surface area contributed by atoms with Crippen molar-refractivity contribution in [1.82, 2.24) is 20.9 Å². The molecule has 3 unspecified atom stereocenters. The van der Waals surface area contributed by atoms with Gasteiger partial charge in [0, 0.05) is 35.0 Å². The van der Waals surface area contributed by atoms with Crippen molar-refractivity contribution < 1.29 is 24.3 Å². The first-order chi connectivity index (χ1) is 14.8. The van der Waals surface area contributed by atoms with Gasteiger partial charge in [-0.05, 0) is 11.6 Å². The number of fused-ring (bicyclic) bond motifs is 1. The maximum Gasteiger partial charge on any atom is 0.327 e. The number of rotatable bonds is 11. The molecule has 7 N–H and O–H groups in total. The Morgan fingerprint density at radius 3 is 2.39 bits per heavy atom. The van der Waals surface area contributed by atoms with Gasteiger partial charge < -0.3 is 31.8 Å². The second kappa shape index (κ2) is 11.6. The second-order valence-electron chi connectivity index (χ2n) is 6.77. The fourth-order valence-electron chi connectivity index (χ4n) is 2.81. The van der Waals surface area contributed by atoms with E-state index < -0.39 is 48.4 Å². The second-order valence-corrected chi connectivity index (χ2v) is 7.50. The van der Waals surface area contributed by atoms with Gasteiger partial charge in [0.15, 0.2) is 0 Å². The fraction of sp³-hybridized carbons (Fsp3) is 0.368. The van der Waals surface area contributed by atoms with E-state index in [0.717, 1.165) is 16.5 Å². The number of aliphatic carboxylic acids is 1. The van der Waals surface area contributed by atoms with Crippen LogP contribution in [0.3, 0.4) is 0 Å². The van der Waals surface area contributed by atoms with Gasteiger partial charge in [0.1, 0.15) is 12.1 Å². The Labute approximate surface area is 189 Å². The molecule has 2 aromatic rings. The summed E-state index contributed by atoms with van der Waals surface area (Å²) in [5.41, 5.74) is 7.36. The Bertz CT molecular complexity index is 951. The van der Waals surface area contributed by atoms with Crippen LogP contribution in [0.5, 0.6) is 0 Å². The molecule has 12 heteroatoms. The zero-order chi connectivity index (χ0) is 23.0. The molecule has 0 fully saturated rings. The van der Waals surface area contributed by atoms with Crippen LogP contribution in [-0.2, 0) is 25.6 Å². The Morgan fingerprint density at radius 2 is 1.74 bits per heavy atom. The lowest BCUT2D eigenvalue weighted by molar-refractivity contribution is -0.141. The van der Waals surface area contributed by atoms with Crippen LogP contribution in [0.4, 0.5) is 0 Å². The van der Waals surface area contributed by atoms with Crippen LogP contribution in [0.15, 0.2) is 30.5 Å². The minimum atomic E-state index is -1.24. The molecule has 0 aliphatic rings. The van der Waals surface area contributed by atoms with Crippen LogP contribution in [0.1, 0.15) is 5.56 Å². The van der Waals surface area contributed by atoms with Gasteiger partial charge in [-0.1, -0.05) is 18.2 Å². The number of H-pyrrole nitrogens is 1. The van der Waals surface area contributed by atoms with Crippen molar-refractivity contribution in [3.8, 4) is 0 Å². The largest absolute Gasteiger partial charge is 0.480 e. The SMILES string of the molecule is NC(CS)C(=O)NC(Cc1c[nH]c2ccccc12)C(=O)NCC(=O)NC(CS)C(=O)O. The third kappa shape index (κ3) is 6.91. The molecule has 0 saturated carbocycles. The van der Waals surface area contributed by atoms with Gasteiger partial charge in [-0.15, -0.1) is 0 Å². The van der Waals surface area contributed by atoms with Gasteiger partial charge >= 0.3 is 5.97 Å². The molecular weight excluding hydrogens is 442 g/mol. The molecule has 3 amide bonds. The number of aromatic nitrogens is 1. The van der Waals surface area contributed by atoms with Crippen molar-refractivity contribution in [2.75, 3.05) is 18.1 Å². The van der Waals surface area contributed by atoms with Crippen molar-refractivity contribution in [2.24, 2.45) is 5.73 Å². The predicted molar refractivity (Wildman–Crippen MR) is 122 cm³/mol. The summed E-state index contributed by atoms with van der Waals surface area (Å²) in [6.45, 7) is -0.463. The Balaban J connectivity index is 2.10. The number of carboxylic acids is 1. The zero-order valence-corrected chi connectivity index (χ0v) is 18.3. The third-order valence-electron chi connectivity index (χ3n) is 4.50. The highest BCUT2D eigenvalue weighted by molar-refractivity contribution is 7.80. The number of aromatic amines is 1. The van der Waals surface area contributed by atoms with E-state index >= 15 is 0 Å². The van der Waals surface area contributed by atoms with E-state index in [9.17, 15) is 19.2 Å². The molecule has 1 aromatic heterocycles. The average molecular weight is 468 g/mol. The molecular formula is C19H25N5O5S2. The van der Waals surface area contributed by atoms with Crippen molar-refractivity contribution in [2.45, 2.75) is 24.5 Å². The Kier molecular flexibility index (Phi) is 9.21. The number of nitrogens with two attached hydrogens (primary N) is 1. The van der Waals surface area contributed by atoms with Crippen molar-refractivity contribution in [3.05, 3.63) is 36.0 Å². The van der Waals surface area contributed by atoms with E-state index in [1.165, 1.54) is 0 Å². The summed E-state index contributed by atoms with van der Waals surface area (Å²) < 4.78 is 0. The molecule has 1 heterocycles. The van der Waals surface area contributed by atoms with Crippen LogP contribution >= 0.6 is 25.3 Å². The molecule has 168 valence electrons. The lowest BCUT2D eigenvalue weighted by Crippen LogP contribution is -2.54. The zero-order valence-electron chi connectivity index (χ0n) is 16.5. The molecule has 0 radical (unpaired) electrons. The highest BCUT2D eigenvalue weighted by Gasteiger charge is 2.25. The van der Waals surface area contributed by atoms with Crippen molar-refractivity contribution >= 4 is 59.9 Å². The number of benzene rings is 1. The predicted octanol–water partition coefficient (Wildman–Crippen LogP) is -0.932. The van der Waals surface area contributed by atoms with Crippen LogP contribution in [0.25, 0.3) is 10.9 Å². The third-order valence-corrected chi connectivity index (χ3v) is 5.26. The maximum atomic E-state index is 12.7. The summed E-state index contributed by atoms with van der Waals surface area (Å²) in [6.07, 6.45) is 1.89. The van der Waals surface area contributed by atoms with Gasteiger partial charge in [0.2, 0.25) is 17.7 Å². The van der Waals surface area contributed by atoms with Crippen LogP contribution in [-0.4, -0.2) is 70.0 Å². The highest BCUT2D eigenvalue weighted by Crippen LogP contribution is 2.19. The number of carboxylic acid groups (broad SMARTS) is 1. The number of carbonyl (C=O) groups excluding carboxylic acids is 3. The number of thiol groups is 2. The standard InChI is InChI=1S/C19H25N5O5S2/c20-12(8-30)17(26)24-14(5-10-6-21-13-4-2-1-3-11(10)13)18(27)22-7-16(25)23-15(9-31)19(28)29/h1-4,6,12,14-15,21,30-31H,5,7-9,20H2,(H,22,27)(H,23,25)(H,24,26)(H,28,29). The minimum absolute atomic E-state index is 0.0932. The van der Waals surface area contributed by atoms with Crippen molar-refractivity contribution in [1.29, 1.82) is 0 Å². The topological polar surface area (TPSA) is 166 Å². The Morgan fingerprint density at radius 1 is 1.03 bits per heavy atom. The van der Waals surface area contributed by atoms with E-state index in [0.29, 0.717) is 0 Å². The first-order valence-electron chi connectivity index (χ1n) is 9.39. The van der Waals surface area contributed by atoms with E-state index in [-0.39, 0.29) is 17.9 Å². The summed E-state index contributed by atoms with van der Waals surface area (Å²) in [5.74, 6) is -3.11. The number of para-hydroxylation sites is 1. The number of nitrogens with one attached hydrogen (secondary N) is 4.